The van der Waals surface area contributed by atoms with Gasteiger partial charge in [-0.15, -0.1) is 22.2 Å². The fraction of sp³-hybridized carbons (Fsp3) is 1.00. The standard InChI is InChI=1S/C2H5BrCl2Si/c1-6(4,5)2-3/h2H2,1H3. The summed E-state index contributed by atoms with van der Waals surface area (Å²) in [6, 6.07) is 0. The van der Waals surface area contributed by atoms with Crippen LogP contribution in [0.15, 0.2) is 0 Å². The quantitative estimate of drug-likeness (QED) is 0.352. The van der Waals surface area contributed by atoms with Crippen molar-refractivity contribution in [1.82, 2.24) is 0 Å². The van der Waals surface area contributed by atoms with Crippen LogP contribution in [0.25, 0.3) is 0 Å². The van der Waals surface area contributed by atoms with Gasteiger partial charge in [-0.1, -0.05) is 15.9 Å². The Morgan fingerprint density at radius 3 is 1.83 bits per heavy atom. The van der Waals surface area contributed by atoms with Crippen LogP contribution in [-0.4, -0.2) is 11.6 Å². The third kappa shape index (κ3) is 5.28. The molecule has 6 heavy (non-hydrogen) atoms. The molecule has 0 aromatic heterocycles. The molecule has 0 unspecified atom stereocenters. The summed E-state index contributed by atoms with van der Waals surface area (Å²) in [7, 11) is 0. The number of halogens is 3. The molecule has 4 heteroatoms. The molecule has 0 amide bonds. The smallest absolute Gasteiger partial charge is 0.145 e. The number of rotatable bonds is 1. The maximum absolute atomic E-state index is 5.58. The monoisotopic (exact) mass is 206 g/mol. The van der Waals surface area contributed by atoms with Crippen molar-refractivity contribution >= 4 is 44.8 Å². The fourth-order valence-corrected chi connectivity index (χ4v) is 0. The summed E-state index contributed by atoms with van der Waals surface area (Å²) in [5.41, 5.74) is 0. The van der Waals surface area contributed by atoms with Gasteiger partial charge in [-0.05, 0) is 6.55 Å². The van der Waals surface area contributed by atoms with Crippen LogP contribution < -0.4 is 0 Å². The normalized spacial score (nSPS) is 12.0. The van der Waals surface area contributed by atoms with Gasteiger partial charge < -0.3 is 0 Å². The third-order valence-electron chi connectivity index (χ3n) is 0.235. The molecule has 0 bridgehead atoms. The summed E-state index contributed by atoms with van der Waals surface area (Å²) < 4.78 is 0. The Balaban J connectivity index is 3.17. The van der Waals surface area contributed by atoms with Gasteiger partial charge in [0, 0.05) is 4.95 Å². The van der Waals surface area contributed by atoms with E-state index < -0.39 is 6.69 Å². The molecule has 0 spiro atoms. The molecule has 0 aromatic rings. The molecule has 0 aromatic carbocycles. The Morgan fingerprint density at radius 1 is 1.67 bits per heavy atom. The van der Waals surface area contributed by atoms with Crippen LogP contribution in [0.4, 0.5) is 0 Å². The highest BCUT2D eigenvalue weighted by Gasteiger charge is 2.17. The van der Waals surface area contributed by atoms with Gasteiger partial charge in [-0.25, -0.2) is 0 Å². The van der Waals surface area contributed by atoms with Gasteiger partial charge in [0.05, 0.1) is 0 Å². The van der Waals surface area contributed by atoms with Crippen LogP contribution in [0.5, 0.6) is 0 Å². The Hall–Kier alpha value is 1.28. The lowest BCUT2D eigenvalue weighted by Gasteiger charge is -2.00. The van der Waals surface area contributed by atoms with E-state index in [0.29, 0.717) is 0 Å². The highest BCUT2D eigenvalue weighted by atomic mass is 79.9. The maximum atomic E-state index is 5.58. The van der Waals surface area contributed by atoms with E-state index in [1.807, 2.05) is 6.55 Å². The van der Waals surface area contributed by atoms with Crippen LogP contribution in [0, 0.1) is 0 Å². The van der Waals surface area contributed by atoms with E-state index in [1.54, 1.807) is 0 Å². The highest BCUT2D eigenvalue weighted by Crippen LogP contribution is 2.15. The molecule has 0 saturated carbocycles. The second-order valence-electron chi connectivity index (χ2n) is 1.20. The Kier molecular flexibility index (Phi) is 3.09. The van der Waals surface area contributed by atoms with Gasteiger partial charge in [-0.3, -0.25) is 0 Å². The van der Waals surface area contributed by atoms with Crippen molar-refractivity contribution in [3.05, 3.63) is 0 Å². The molecule has 0 fully saturated rings. The summed E-state index contributed by atoms with van der Waals surface area (Å²) in [5, 5.41) is 0. The first kappa shape index (κ1) is 7.28. The predicted molar refractivity (Wildman–Crippen MR) is 37.1 cm³/mol. The van der Waals surface area contributed by atoms with Gasteiger partial charge in [0.15, 0.2) is 0 Å². The molecule has 0 nitrogen and oxygen atoms in total. The van der Waals surface area contributed by atoms with Crippen LogP contribution in [0.2, 0.25) is 6.55 Å². The fourth-order valence-electron chi connectivity index (χ4n) is 0. The lowest BCUT2D eigenvalue weighted by Crippen LogP contribution is -2.14. The van der Waals surface area contributed by atoms with Crippen molar-refractivity contribution in [3.63, 3.8) is 0 Å². The van der Waals surface area contributed by atoms with Crippen molar-refractivity contribution in [2.75, 3.05) is 4.95 Å². The van der Waals surface area contributed by atoms with Gasteiger partial charge in [0.1, 0.15) is 0 Å². The third-order valence-corrected chi connectivity index (χ3v) is 6.81. The van der Waals surface area contributed by atoms with Gasteiger partial charge in [0.25, 0.3) is 6.69 Å². The zero-order valence-electron chi connectivity index (χ0n) is 3.34. The first-order valence-electron chi connectivity index (χ1n) is 1.50. The van der Waals surface area contributed by atoms with Crippen molar-refractivity contribution in [2.24, 2.45) is 0 Å². The highest BCUT2D eigenvalue weighted by molar-refractivity contribution is 9.10. The summed E-state index contributed by atoms with van der Waals surface area (Å²) in [5.74, 6) is 0. The van der Waals surface area contributed by atoms with E-state index in [0.717, 1.165) is 4.95 Å². The Bertz CT molecular complexity index is 41.3. The minimum Gasteiger partial charge on any atom is -0.145 e. The van der Waals surface area contributed by atoms with Gasteiger partial charge in [-0.2, -0.15) is 0 Å². The lowest BCUT2D eigenvalue weighted by atomic mass is 11.9. The molecule has 38 valence electrons. The number of hydrogen-bond donors (Lipinski definition) is 0. The molecule has 0 N–H and O–H groups in total. The van der Waals surface area contributed by atoms with Crippen LogP contribution in [-0.2, 0) is 0 Å². The van der Waals surface area contributed by atoms with Crippen LogP contribution in [0.3, 0.4) is 0 Å². The number of hydrogen-bond acceptors (Lipinski definition) is 0. The average molecular weight is 208 g/mol. The molecule has 0 radical (unpaired) electrons. The maximum Gasteiger partial charge on any atom is 0.258 e. The number of alkyl halides is 1. The van der Waals surface area contributed by atoms with E-state index in [-0.39, 0.29) is 0 Å². The van der Waals surface area contributed by atoms with E-state index in [2.05, 4.69) is 15.9 Å². The molecular weight excluding hydrogens is 203 g/mol. The molecule has 0 saturated heterocycles. The lowest BCUT2D eigenvalue weighted by molar-refractivity contribution is 2.03. The van der Waals surface area contributed by atoms with E-state index in [1.165, 1.54) is 0 Å². The topological polar surface area (TPSA) is 0 Å². The molecule has 0 aliphatic rings. The summed E-state index contributed by atoms with van der Waals surface area (Å²) in [6.45, 7) is 0.0959. The Labute approximate surface area is 56.4 Å². The minimum absolute atomic E-state index is 0.753. The van der Waals surface area contributed by atoms with E-state index in [4.69, 9.17) is 22.2 Å². The van der Waals surface area contributed by atoms with Crippen LogP contribution in [0.1, 0.15) is 0 Å². The average Bonchev–Trinajstić information content (AvgIpc) is 1.35. The van der Waals surface area contributed by atoms with Crippen molar-refractivity contribution < 1.29 is 0 Å². The van der Waals surface area contributed by atoms with Gasteiger partial charge >= 0.3 is 0 Å². The molecule has 0 atom stereocenters. The van der Waals surface area contributed by atoms with Crippen LogP contribution >= 0.6 is 38.1 Å². The summed E-state index contributed by atoms with van der Waals surface area (Å²) >= 11 is 14.3. The second kappa shape index (κ2) is 2.55. The predicted octanol–water partition coefficient (Wildman–Crippen LogP) is 2.47. The first-order chi connectivity index (χ1) is 2.56. The van der Waals surface area contributed by atoms with Crippen molar-refractivity contribution in [2.45, 2.75) is 6.55 Å². The minimum atomic E-state index is -1.77. The SMILES string of the molecule is C[Si](Cl)(Cl)CBr. The van der Waals surface area contributed by atoms with Crippen molar-refractivity contribution in [3.8, 4) is 0 Å². The van der Waals surface area contributed by atoms with E-state index in [9.17, 15) is 0 Å². The molecule has 0 aliphatic heterocycles. The zero-order chi connectivity index (χ0) is 5.21. The molecule has 0 rings (SSSR count). The summed E-state index contributed by atoms with van der Waals surface area (Å²) in [6.07, 6.45) is 0. The zero-order valence-corrected chi connectivity index (χ0v) is 7.44. The van der Waals surface area contributed by atoms with E-state index >= 15 is 0 Å². The van der Waals surface area contributed by atoms with Gasteiger partial charge in [0.2, 0.25) is 0 Å². The molecular formula is C2H5BrCl2Si. The largest absolute Gasteiger partial charge is 0.258 e. The first-order valence-corrected chi connectivity index (χ1v) is 7.35. The molecule has 0 heterocycles. The summed E-state index contributed by atoms with van der Waals surface area (Å²) in [4.78, 5) is 0.753. The molecule has 0 aliphatic carbocycles. The van der Waals surface area contributed by atoms with Crippen molar-refractivity contribution in [1.29, 1.82) is 0 Å². The second-order valence-corrected chi connectivity index (χ2v) is 10.9. The Morgan fingerprint density at radius 2 is 1.83 bits per heavy atom.